The molecule has 0 unspecified atom stereocenters. The molecule has 140 valence electrons. The number of aromatic nitrogens is 2. The van der Waals surface area contributed by atoms with Crippen LogP contribution in [0.2, 0.25) is 0 Å². The molecule has 1 aromatic heterocycles. The Balaban J connectivity index is 1.57. The van der Waals surface area contributed by atoms with E-state index in [9.17, 15) is 9.59 Å². The zero-order valence-electron chi connectivity index (χ0n) is 15.0. The summed E-state index contributed by atoms with van der Waals surface area (Å²) in [6.45, 7) is 2.54. The minimum absolute atomic E-state index is 0.150. The van der Waals surface area contributed by atoms with Crippen LogP contribution < -0.4 is 15.4 Å². The van der Waals surface area contributed by atoms with Gasteiger partial charge in [-0.1, -0.05) is 11.8 Å². The number of nitrogens with zero attached hydrogens (tertiary/aromatic N) is 1. The normalized spacial score (nSPS) is 10.6. The fourth-order valence-electron chi connectivity index (χ4n) is 2.47. The van der Waals surface area contributed by atoms with E-state index in [1.54, 1.807) is 31.3 Å². The molecule has 0 aliphatic carbocycles. The second-order valence-corrected chi connectivity index (χ2v) is 6.61. The second kappa shape index (κ2) is 8.59. The van der Waals surface area contributed by atoms with E-state index in [1.807, 2.05) is 25.1 Å². The third kappa shape index (κ3) is 4.79. The Labute approximate surface area is 160 Å². The van der Waals surface area contributed by atoms with Gasteiger partial charge in [-0.25, -0.2) is 4.98 Å². The van der Waals surface area contributed by atoms with Gasteiger partial charge in [-0.05, 0) is 43.3 Å². The van der Waals surface area contributed by atoms with Crippen LogP contribution >= 0.6 is 11.8 Å². The Morgan fingerprint density at radius 1 is 1.19 bits per heavy atom. The SMILES string of the molecule is CCOc1ccc2nc(SCC(=O)Nc3ccc(C(=O)NC)cc3)[nH]c2c1. The first-order valence-corrected chi connectivity index (χ1v) is 9.45. The van der Waals surface area contributed by atoms with Crippen molar-refractivity contribution in [2.75, 3.05) is 24.7 Å². The molecule has 0 spiro atoms. The monoisotopic (exact) mass is 384 g/mol. The summed E-state index contributed by atoms with van der Waals surface area (Å²) < 4.78 is 5.47. The van der Waals surface area contributed by atoms with Crippen LogP contribution in [0.5, 0.6) is 5.75 Å². The van der Waals surface area contributed by atoms with Crippen molar-refractivity contribution in [3.05, 3.63) is 48.0 Å². The molecule has 0 atom stereocenters. The van der Waals surface area contributed by atoms with Crippen LogP contribution in [0, 0.1) is 0 Å². The highest BCUT2D eigenvalue weighted by Crippen LogP contribution is 2.23. The van der Waals surface area contributed by atoms with Gasteiger partial charge in [0.25, 0.3) is 5.91 Å². The lowest BCUT2D eigenvalue weighted by Crippen LogP contribution is -2.18. The number of imidazole rings is 1. The zero-order chi connectivity index (χ0) is 19.2. The number of H-pyrrole nitrogens is 1. The average Bonchev–Trinajstić information content (AvgIpc) is 3.09. The van der Waals surface area contributed by atoms with Gasteiger partial charge >= 0.3 is 0 Å². The second-order valence-electron chi connectivity index (χ2n) is 5.65. The van der Waals surface area contributed by atoms with Crippen LogP contribution in [0.1, 0.15) is 17.3 Å². The average molecular weight is 384 g/mol. The van der Waals surface area contributed by atoms with Crippen molar-refractivity contribution in [3.8, 4) is 5.75 Å². The predicted molar refractivity (Wildman–Crippen MR) is 106 cm³/mol. The summed E-state index contributed by atoms with van der Waals surface area (Å²) in [4.78, 5) is 31.3. The molecule has 0 bridgehead atoms. The highest BCUT2D eigenvalue weighted by atomic mass is 32.2. The number of anilines is 1. The largest absolute Gasteiger partial charge is 0.494 e. The number of rotatable bonds is 7. The van der Waals surface area contributed by atoms with E-state index < -0.39 is 0 Å². The predicted octanol–water partition coefficient (Wildman–Crippen LogP) is 3.05. The Morgan fingerprint density at radius 3 is 2.67 bits per heavy atom. The Bertz CT molecular complexity index is 953. The minimum atomic E-state index is -0.166. The number of carbonyl (C=O) groups is 2. The topological polar surface area (TPSA) is 96.1 Å². The number of aromatic amines is 1. The van der Waals surface area contributed by atoms with E-state index in [-0.39, 0.29) is 17.6 Å². The number of nitrogens with one attached hydrogen (secondary N) is 3. The highest BCUT2D eigenvalue weighted by Gasteiger charge is 2.09. The lowest BCUT2D eigenvalue weighted by Gasteiger charge is -2.05. The number of carbonyl (C=O) groups excluding carboxylic acids is 2. The van der Waals surface area contributed by atoms with Gasteiger partial charge < -0.3 is 20.4 Å². The van der Waals surface area contributed by atoms with E-state index in [1.165, 1.54) is 11.8 Å². The first-order chi connectivity index (χ1) is 13.1. The maximum absolute atomic E-state index is 12.1. The number of ether oxygens (including phenoxy) is 1. The van der Waals surface area contributed by atoms with E-state index in [0.717, 1.165) is 16.8 Å². The Kier molecular flexibility index (Phi) is 5.97. The molecule has 7 nitrogen and oxygen atoms in total. The molecule has 0 aliphatic heterocycles. The van der Waals surface area contributed by atoms with Gasteiger partial charge in [0.1, 0.15) is 5.75 Å². The van der Waals surface area contributed by atoms with E-state index >= 15 is 0 Å². The summed E-state index contributed by atoms with van der Waals surface area (Å²) in [6.07, 6.45) is 0. The lowest BCUT2D eigenvalue weighted by atomic mass is 10.2. The van der Waals surface area contributed by atoms with Crippen molar-refractivity contribution in [1.29, 1.82) is 0 Å². The van der Waals surface area contributed by atoms with Crippen LogP contribution in [0.3, 0.4) is 0 Å². The summed E-state index contributed by atoms with van der Waals surface area (Å²) in [5.74, 6) is 0.683. The minimum Gasteiger partial charge on any atom is -0.494 e. The Morgan fingerprint density at radius 2 is 1.96 bits per heavy atom. The fourth-order valence-corrected chi connectivity index (χ4v) is 3.16. The van der Waals surface area contributed by atoms with Gasteiger partial charge in [0, 0.05) is 24.4 Å². The molecule has 3 rings (SSSR count). The van der Waals surface area contributed by atoms with Crippen LogP contribution in [0.15, 0.2) is 47.6 Å². The van der Waals surface area contributed by atoms with Crippen molar-refractivity contribution in [1.82, 2.24) is 15.3 Å². The fraction of sp³-hybridized carbons (Fsp3) is 0.211. The standard InChI is InChI=1S/C19H20N4O3S/c1-3-26-14-8-9-15-16(10-14)23-19(22-15)27-11-17(24)21-13-6-4-12(5-7-13)18(25)20-2/h4-10H,3,11H2,1-2H3,(H,20,25)(H,21,24)(H,22,23). The number of amides is 2. The Hall–Kier alpha value is -3.00. The molecule has 8 heteroatoms. The number of hydrogen-bond acceptors (Lipinski definition) is 5. The van der Waals surface area contributed by atoms with Crippen molar-refractivity contribution in [2.45, 2.75) is 12.1 Å². The molecule has 3 aromatic rings. The van der Waals surface area contributed by atoms with Gasteiger partial charge in [-0.15, -0.1) is 0 Å². The summed E-state index contributed by atoms with van der Waals surface area (Å²) in [5, 5.41) is 6.03. The van der Waals surface area contributed by atoms with Crippen molar-refractivity contribution in [3.63, 3.8) is 0 Å². The van der Waals surface area contributed by atoms with E-state index in [2.05, 4.69) is 20.6 Å². The van der Waals surface area contributed by atoms with Gasteiger partial charge in [0.05, 0.1) is 23.4 Å². The quantitative estimate of drug-likeness (QED) is 0.544. The molecule has 0 fully saturated rings. The maximum Gasteiger partial charge on any atom is 0.251 e. The molecule has 0 aliphatic rings. The van der Waals surface area contributed by atoms with Crippen LogP contribution in [-0.4, -0.2) is 41.2 Å². The summed E-state index contributed by atoms with van der Waals surface area (Å²) in [5.41, 5.74) is 2.87. The first-order valence-electron chi connectivity index (χ1n) is 8.46. The summed E-state index contributed by atoms with van der Waals surface area (Å²) >= 11 is 1.32. The van der Waals surface area contributed by atoms with Crippen LogP contribution in [0.4, 0.5) is 5.69 Å². The highest BCUT2D eigenvalue weighted by molar-refractivity contribution is 7.99. The van der Waals surface area contributed by atoms with Gasteiger partial charge in [-0.2, -0.15) is 0 Å². The van der Waals surface area contributed by atoms with Gasteiger partial charge in [0.2, 0.25) is 5.91 Å². The van der Waals surface area contributed by atoms with Gasteiger partial charge in [-0.3, -0.25) is 9.59 Å². The van der Waals surface area contributed by atoms with Gasteiger partial charge in [0.15, 0.2) is 5.16 Å². The molecule has 2 amide bonds. The number of benzene rings is 2. The number of hydrogen-bond donors (Lipinski definition) is 3. The molecular formula is C19H20N4O3S. The molecule has 0 saturated heterocycles. The molecule has 0 radical (unpaired) electrons. The summed E-state index contributed by atoms with van der Waals surface area (Å²) in [6, 6.07) is 12.4. The zero-order valence-corrected chi connectivity index (χ0v) is 15.9. The van der Waals surface area contributed by atoms with Crippen LogP contribution in [-0.2, 0) is 4.79 Å². The first kappa shape index (κ1) is 18.8. The van der Waals surface area contributed by atoms with Crippen molar-refractivity contribution < 1.29 is 14.3 Å². The molecule has 1 heterocycles. The molecule has 3 N–H and O–H groups in total. The van der Waals surface area contributed by atoms with E-state index in [4.69, 9.17) is 4.74 Å². The number of thioether (sulfide) groups is 1. The molecule has 2 aromatic carbocycles. The molecule has 0 saturated carbocycles. The molecular weight excluding hydrogens is 364 g/mol. The third-order valence-electron chi connectivity index (χ3n) is 3.74. The molecule has 27 heavy (non-hydrogen) atoms. The third-order valence-corrected chi connectivity index (χ3v) is 4.61. The van der Waals surface area contributed by atoms with Crippen molar-refractivity contribution in [2.24, 2.45) is 0 Å². The van der Waals surface area contributed by atoms with Crippen LogP contribution in [0.25, 0.3) is 11.0 Å². The van der Waals surface area contributed by atoms with E-state index in [0.29, 0.717) is 23.0 Å². The van der Waals surface area contributed by atoms with Crippen molar-refractivity contribution >= 4 is 40.3 Å². The number of fused-ring (bicyclic) bond motifs is 1. The maximum atomic E-state index is 12.1. The summed E-state index contributed by atoms with van der Waals surface area (Å²) in [7, 11) is 1.57. The lowest BCUT2D eigenvalue weighted by molar-refractivity contribution is -0.113. The smallest absolute Gasteiger partial charge is 0.251 e.